The molecule has 4 nitrogen and oxygen atoms in total. The molecule has 0 aliphatic carbocycles. The monoisotopic (exact) mass is 308 g/mol. The second kappa shape index (κ2) is 7.00. The standard InChI is InChI=1S/C18H36N4/c1-7-15(2)16(18(5,6)22-13-10-20-14-22)17(3,4)21-11-8-19-9-12-21/h19-20H,7-14H2,1-6H3. The molecule has 2 aliphatic rings. The lowest BCUT2D eigenvalue weighted by atomic mass is 9.75. The van der Waals surface area contributed by atoms with E-state index in [0.717, 1.165) is 52.4 Å². The lowest BCUT2D eigenvalue weighted by molar-refractivity contribution is 0.0889. The zero-order valence-electron chi connectivity index (χ0n) is 15.6. The highest BCUT2D eigenvalue weighted by Gasteiger charge is 2.43. The Labute approximate surface area is 137 Å². The highest BCUT2D eigenvalue weighted by Crippen LogP contribution is 2.39. The summed E-state index contributed by atoms with van der Waals surface area (Å²) in [6, 6.07) is 0. The zero-order valence-corrected chi connectivity index (χ0v) is 15.6. The van der Waals surface area contributed by atoms with Gasteiger partial charge in [-0.15, -0.1) is 0 Å². The SMILES string of the molecule is CCC(C)=C(C(C)(C)N1CCNCC1)C(C)(C)N1CCNC1. The van der Waals surface area contributed by atoms with Crippen molar-refractivity contribution >= 4 is 0 Å². The number of nitrogens with one attached hydrogen (secondary N) is 2. The Morgan fingerprint density at radius 2 is 1.36 bits per heavy atom. The van der Waals surface area contributed by atoms with Crippen molar-refractivity contribution in [3.05, 3.63) is 11.1 Å². The first kappa shape index (κ1) is 17.9. The second-order valence-corrected chi connectivity index (χ2v) is 7.79. The van der Waals surface area contributed by atoms with Gasteiger partial charge in [0.2, 0.25) is 0 Å². The third kappa shape index (κ3) is 3.40. The van der Waals surface area contributed by atoms with Crippen LogP contribution in [-0.4, -0.2) is 66.8 Å². The van der Waals surface area contributed by atoms with E-state index in [9.17, 15) is 0 Å². The van der Waals surface area contributed by atoms with Crippen LogP contribution < -0.4 is 10.6 Å². The highest BCUT2D eigenvalue weighted by molar-refractivity contribution is 5.34. The zero-order chi connectivity index (χ0) is 16.4. The lowest BCUT2D eigenvalue weighted by Gasteiger charge is -2.51. The van der Waals surface area contributed by atoms with Gasteiger partial charge in [-0.2, -0.15) is 0 Å². The van der Waals surface area contributed by atoms with Gasteiger partial charge in [0.25, 0.3) is 0 Å². The van der Waals surface area contributed by atoms with E-state index in [1.54, 1.807) is 11.1 Å². The van der Waals surface area contributed by atoms with Crippen molar-refractivity contribution < 1.29 is 0 Å². The first-order valence-corrected chi connectivity index (χ1v) is 8.94. The van der Waals surface area contributed by atoms with Gasteiger partial charge in [-0.05, 0) is 46.6 Å². The molecule has 0 saturated carbocycles. The number of hydrogen-bond acceptors (Lipinski definition) is 4. The predicted molar refractivity (Wildman–Crippen MR) is 95.2 cm³/mol. The fourth-order valence-electron chi connectivity index (χ4n) is 4.49. The minimum atomic E-state index is 0.0952. The van der Waals surface area contributed by atoms with Crippen LogP contribution in [0.4, 0.5) is 0 Å². The molecule has 22 heavy (non-hydrogen) atoms. The Hall–Kier alpha value is -0.420. The van der Waals surface area contributed by atoms with Gasteiger partial charge in [0, 0.05) is 57.0 Å². The summed E-state index contributed by atoms with van der Waals surface area (Å²) in [5.41, 5.74) is 3.38. The van der Waals surface area contributed by atoms with Gasteiger partial charge in [0.05, 0.1) is 0 Å². The van der Waals surface area contributed by atoms with E-state index in [0.29, 0.717) is 0 Å². The van der Waals surface area contributed by atoms with Crippen molar-refractivity contribution in [2.45, 2.75) is 59.0 Å². The normalized spacial score (nSPS) is 23.7. The molecule has 2 fully saturated rings. The summed E-state index contributed by atoms with van der Waals surface area (Å²) in [7, 11) is 0. The number of piperazine rings is 1. The molecule has 0 amide bonds. The largest absolute Gasteiger partial charge is 0.314 e. The molecule has 128 valence electrons. The molecule has 0 aromatic rings. The smallest absolute Gasteiger partial charge is 0.0489 e. The number of nitrogens with zero attached hydrogens (tertiary/aromatic N) is 2. The molecule has 0 radical (unpaired) electrons. The molecule has 0 unspecified atom stereocenters. The topological polar surface area (TPSA) is 30.5 Å². The van der Waals surface area contributed by atoms with Crippen LogP contribution in [0.25, 0.3) is 0 Å². The maximum atomic E-state index is 3.50. The van der Waals surface area contributed by atoms with E-state index in [2.05, 4.69) is 62.0 Å². The molecular weight excluding hydrogens is 272 g/mol. The molecule has 0 bridgehead atoms. The fourth-order valence-corrected chi connectivity index (χ4v) is 4.49. The maximum absolute atomic E-state index is 3.50. The van der Waals surface area contributed by atoms with Crippen LogP contribution in [0.3, 0.4) is 0 Å². The van der Waals surface area contributed by atoms with Crippen LogP contribution in [0.5, 0.6) is 0 Å². The summed E-state index contributed by atoms with van der Waals surface area (Å²) in [5.74, 6) is 0. The Morgan fingerprint density at radius 1 is 0.864 bits per heavy atom. The van der Waals surface area contributed by atoms with Gasteiger partial charge < -0.3 is 10.6 Å². The Bertz CT molecular complexity index is 399. The Balaban J connectivity index is 2.37. The summed E-state index contributed by atoms with van der Waals surface area (Å²) in [5, 5.41) is 6.99. The van der Waals surface area contributed by atoms with Crippen molar-refractivity contribution in [3.63, 3.8) is 0 Å². The Morgan fingerprint density at radius 3 is 1.86 bits per heavy atom. The van der Waals surface area contributed by atoms with E-state index in [-0.39, 0.29) is 11.1 Å². The molecule has 2 aliphatic heterocycles. The van der Waals surface area contributed by atoms with Crippen molar-refractivity contribution in [1.29, 1.82) is 0 Å². The molecular formula is C18H36N4. The maximum Gasteiger partial charge on any atom is 0.0489 e. The van der Waals surface area contributed by atoms with Crippen LogP contribution in [0, 0.1) is 0 Å². The minimum Gasteiger partial charge on any atom is -0.314 e. The summed E-state index contributed by atoms with van der Waals surface area (Å²) in [6.07, 6.45) is 1.13. The lowest BCUT2D eigenvalue weighted by Crippen LogP contribution is -2.60. The first-order valence-electron chi connectivity index (χ1n) is 8.94. The molecule has 0 aromatic heterocycles. The van der Waals surface area contributed by atoms with Crippen LogP contribution in [0.15, 0.2) is 11.1 Å². The second-order valence-electron chi connectivity index (χ2n) is 7.79. The summed E-state index contributed by atoms with van der Waals surface area (Å²) < 4.78 is 0. The number of allylic oxidation sites excluding steroid dienone is 1. The molecule has 2 saturated heterocycles. The quantitative estimate of drug-likeness (QED) is 0.761. The minimum absolute atomic E-state index is 0.0952. The molecule has 4 heteroatoms. The van der Waals surface area contributed by atoms with Crippen molar-refractivity contribution in [2.24, 2.45) is 0 Å². The van der Waals surface area contributed by atoms with Gasteiger partial charge in [0.1, 0.15) is 0 Å². The van der Waals surface area contributed by atoms with Crippen molar-refractivity contribution in [3.8, 4) is 0 Å². The van der Waals surface area contributed by atoms with Gasteiger partial charge in [-0.1, -0.05) is 12.5 Å². The average molecular weight is 309 g/mol. The number of rotatable bonds is 5. The summed E-state index contributed by atoms with van der Waals surface area (Å²) in [4.78, 5) is 5.27. The van der Waals surface area contributed by atoms with Crippen LogP contribution in [0.1, 0.15) is 48.0 Å². The Kier molecular flexibility index (Phi) is 5.70. The van der Waals surface area contributed by atoms with E-state index in [4.69, 9.17) is 0 Å². The molecule has 0 aromatic carbocycles. The van der Waals surface area contributed by atoms with Gasteiger partial charge >= 0.3 is 0 Å². The average Bonchev–Trinajstić information content (AvgIpc) is 3.02. The van der Waals surface area contributed by atoms with Gasteiger partial charge in [0.15, 0.2) is 0 Å². The summed E-state index contributed by atoms with van der Waals surface area (Å²) >= 11 is 0. The fraction of sp³-hybridized carbons (Fsp3) is 0.889. The van der Waals surface area contributed by atoms with Gasteiger partial charge in [-0.25, -0.2) is 0 Å². The van der Waals surface area contributed by atoms with Crippen LogP contribution in [0.2, 0.25) is 0 Å². The molecule has 2 N–H and O–H groups in total. The molecule has 2 rings (SSSR count). The van der Waals surface area contributed by atoms with E-state index < -0.39 is 0 Å². The van der Waals surface area contributed by atoms with E-state index in [1.165, 1.54) is 0 Å². The van der Waals surface area contributed by atoms with Crippen LogP contribution in [-0.2, 0) is 0 Å². The molecule has 2 heterocycles. The van der Waals surface area contributed by atoms with Crippen molar-refractivity contribution in [2.75, 3.05) is 45.9 Å². The third-order valence-electron chi connectivity index (χ3n) is 5.74. The van der Waals surface area contributed by atoms with Crippen LogP contribution >= 0.6 is 0 Å². The van der Waals surface area contributed by atoms with E-state index in [1.807, 2.05) is 0 Å². The highest BCUT2D eigenvalue weighted by atomic mass is 15.3. The first-order chi connectivity index (χ1) is 10.3. The molecule has 0 spiro atoms. The summed E-state index contributed by atoms with van der Waals surface area (Å²) in [6.45, 7) is 22.1. The number of hydrogen-bond donors (Lipinski definition) is 2. The van der Waals surface area contributed by atoms with E-state index >= 15 is 0 Å². The van der Waals surface area contributed by atoms with Crippen molar-refractivity contribution in [1.82, 2.24) is 20.4 Å². The predicted octanol–water partition coefficient (Wildman–Crippen LogP) is 2.04. The molecule has 0 atom stereocenters. The van der Waals surface area contributed by atoms with Gasteiger partial charge in [-0.3, -0.25) is 9.80 Å². The third-order valence-corrected chi connectivity index (χ3v) is 5.74.